The van der Waals surface area contributed by atoms with E-state index in [0.29, 0.717) is 22.6 Å². The van der Waals surface area contributed by atoms with Gasteiger partial charge in [0.15, 0.2) is 0 Å². The molecule has 4 aromatic rings. The molecule has 0 spiro atoms. The van der Waals surface area contributed by atoms with Gasteiger partial charge in [-0.15, -0.1) is 0 Å². The van der Waals surface area contributed by atoms with E-state index in [4.69, 9.17) is 14.2 Å². The highest BCUT2D eigenvalue weighted by atomic mass is 16.6. The molecular formula is C39H46N4O9. The van der Waals surface area contributed by atoms with E-state index in [1.807, 2.05) is 45.9 Å². The van der Waals surface area contributed by atoms with Crippen LogP contribution in [-0.2, 0) is 18.9 Å². The van der Waals surface area contributed by atoms with Crippen LogP contribution in [0.2, 0.25) is 0 Å². The lowest BCUT2D eigenvalue weighted by Gasteiger charge is -2.20. The minimum atomic E-state index is -1.02. The number of pyridine rings is 2. The molecule has 0 saturated heterocycles. The largest absolute Gasteiger partial charge is 0.464 e. The fourth-order valence-corrected chi connectivity index (χ4v) is 4.52. The fraction of sp³-hybridized carbons (Fsp3) is 0.333. The van der Waals surface area contributed by atoms with Gasteiger partial charge >= 0.3 is 24.1 Å². The van der Waals surface area contributed by atoms with Gasteiger partial charge in [0.25, 0.3) is 0 Å². The van der Waals surface area contributed by atoms with E-state index in [1.165, 1.54) is 20.3 Å². The maximum atomic E-state index is 11.8. The number of aliphatic hydroxyl groups excluding tert-OH is 1. The van der Waals surface area contributed by atoms with Crippen molar-refractivity contribution < 1.29 is 43.2 Å². The van der Waals surface area contributed by atoms with Crippen molar-refractivity contribution in [2.24, 2.45) is 0 Å². The van der Waals surface area contributed by atoms with Crippen molar-refractivity contribution in [3.8, 4) is 0 Å². The number of aromatic nitrogens is 2. The van der Waals surface area contributed by atoms with E-state index in [0.717, 1.165) is 11.3 Å². The minimum absolute atomic E-state index is 0.0183. The quantitative estimate of drug-likeness (QED) is 0.121. The lowest BCUT2D eigenvalue weighted by molar-refractivity contribution is 0.0584. The van der Waals surface area contributed by atoms with Crippen molar-refractivity contribution in [2.45, 2.75) is 71.7 Å². The summed E-state index contributed by atoms with van der Waals surface area (Å²) in [5, 5.41) is 15.8. The first-order chi connectivity index (χ1) is 24.4. The zero-order valence-electron chi connectivity index (χ0n) is 30.8. The molecule has 2 aromatic carbocycles. The Morgan fingerprint density at radius 3 is 1.38 bits per heavy atom. The SMILES string of the molecule is COC(=O)c1cccc(C(C)c2ccc(NC(=O)OC(C)(C)C)cc2)n1.COC(=O)c1cccc(C(O)c2ccc(NC(=O)OC(C)(C)C)cc2)n1. The van der Waals surface area contributed by atoms with Crippen LogP contribution in [0.25, 0.3) is 0 Å². The number of rotatable bonds is 8. The van der Waals surface area contributed by atoms with Crippen LogP contribution in [0.15, 0.2) is 84.9 Å². The van der Waals surface area contributed by atoms with Gasteiger partial charge in [0.05, 0.1) is 19.9 Å². The Balaban J connectivity index is 0.000000280. The van der Waals surface area contributed by atoms with E-state index in [-0.39, 0.29) is 17.3 Å². The maximum Gasteiger partial charge on any atom is 0.412 e. The first kappa shape index (κ1) is 40.6. The van der Waals surface area contributed by atoms with Crippen molar-refractivity contribution in [1.82, 2.24) is 9.97 Å². The molecule has 0 bridgehead atoms. The normalized spacial score (nSPS) is 12.2. The molecule has 13 nitrogen and oxygen atoms in total. The third kappa shape index (κ3) is 12.8. The molecule has 0 aliphatic rings. The van der Waals surface area contributed by atoms with Gasteiger partial charge in [0.1, 0.15) is 28.7 Å². The zero-order valence-corrected chi connectivity index (χ0v) is 30.8. The number of hydrogen-bond donors (Lipinski definition) is 3. The molecule has 52 heavy (non-hydrogen) atoms. The first-order valence-electron chi connectivity index (χ1n) is 16.4. The summed E-state index contributed by atoms with van der Waals surface area (Å²) in [6, 6.07) is 24.0. The number of benzene rings is 2. The Hall–Kier alpha value is -5.82. The molecule has 0 fully saturated rings. The van der Waals surface area contributed by atoms with Crippen molar-refractivity contribution >= 4 is 35.5 Å². The van der Waals surface area contributed by atoms with E-state index >= 15 is 0 Å². The summed E-state index contributed by atoms with van der Waals surface area (Å²) in [7, 11) is 2.60. The minimum Gasteiger partial charge on any atom is -0.464 e. The van der Waals surface area contributed by atoms with E-state index < -0.39 is 41.4 Å². The predicted molar refractivity (Wildman–Crippen MR) is 195 cm³/mol. The van der Waals surface area contributed by atoms with Gasteiger partial charge in [-0.3, -0.25) is 10.6 Å². The molecule has 0 aliphatic carbocycles. The molecule has 2 atom stereocenters. The smallest absolute Gasteiger partial charge is 0.412 e. The molecular weight excluding hydrogens is 668 g/mol. The van der Waals surface area contributed by atoms with E-state index in [1.54, 1.807) is 81.4 Å². The summed E-state index contributed by atoms with van der Waals surface area (Å²) < 4.78 is 19.8. The van der Waals surface area contributed by atoms with Gasteiger partial charge < -0.3 is 24.1 Å². The van der Waals surface area contributed by atoms with Crippen LogP contribution in [0.5, 0.6) is 0 Å². The van der Waals surface area contributed by atoms with Crippen LogP contribution in [0, 0.1) is 0 Å². The average Bonchev–Trinajstić information content (AvgIpc) is 3.09. The molecule has 2 aromatic heterocycles. The van der Waals surface area contributed by atoms with Gasteiger partial charge in [-0.25, -0.2) is 29.1 Å². The number of carbonyl (C=O) groups is 4. The third-order valence-electron chi connectivity index (χ3n) is 6.98. The summed E-state index contributed by atoms with van der Waals surface area (Å²) in [5.41, 5.74) is 3.10. The second-order valence-electron chi connectivity index (χ2n) is 13.5. The highest BCUT2D eigenvalue weighted by Crippen LogP contribution is 2.25. The lowest BCUT2D eigenvalue weighted by atomic mass is 9.97. The summed E-state index contributed by atoms with van der Waals surface area (Å²) in [6.45, 7) is 12.8. The van der Waals surface area contributed by atoms with Gasteiger partial charge in [-0.05, 0) is 101 Å². The van der Waals surface area contributed by atoms with Crippen molar-refractivity contribution in [2.75, 3.05) is 24.9 Å². The number of ether oxygens (including phenoxy) is 4. The van der Waals surface area contributed by atoms with Crippen LogP contribution in [-0.4, -0.2) is 64.6 Å². The molecule has 3 N–H and O–H groups in total. The standard InChI is InChI=1S/C20H24N2O4.C19H22N2O5/c1-13(16-7-6-8-17(22-16)18(23)25-5)14-9-11-15(12-10-14)21-19(24)26-20(2,3)4;1-19(2,3)26-18(24)20-13-10-8-12(9-11-13)16(22)14-6-5-7-15(21-14)17(23)25-4/h6-13H,1-5H3,(H,21,24);5-11,16,22H,1-4H3,(H,20,24). The Labute approximate surface area is 303 Å². The molecule has 0 radical (unpaired) electrons. The van der Waals surface area contributed by atoms with Gasteiger partial charge in [0, 0.05) is 23.0 Å². The maximum absolute atomic E-state index is 11.8. The number of methoxy groups -OCH3 is 2. The van der Waals surface area contributed by atoms with Crippen LogP contribution in [0.3, 0.4) is 0 Å². The van der Waals surface area contributed by atoms with Gasteiger partial charge in [-0.1, -0.05) is 43.3 Å². The van der Waals surface area contributed by atoms with Gasteiger partial charge in [0.2, 0.25) is 0 Å². The highest BCUT2D eigenvalue weighted by Gasteiger charge is 2.19. The Bertz CT molecular complexity index is 1700. The average molecular weight is 715 g/mol. The molecule has 4 rings (SSSR count). The number of esters is 2. The number of aliphatic hydroxyl groups is 1. The monoisotopic (exact) mass is 714 g/mol. The van der Waals surface area contributed by atoms with Gasteiger partial charge in [-0.2, -0.15) is 0 Å². The number of nitrogens with zero attached hydrogens (tertiary/aromatic N) is 2. The summed E-state index contributed by atoms with van der Waals surface area (Å²) in [5.74, 6) is -1.05. The predicted octanol–water partition coefficient (Wildman–Crippen LogP) is 7.66. The number of nitrogens with one attached hydrogen (secondary N) is 2. The van der Waals surface area contributed by atoms with Crippen molar-refractivity contribution in [3.05, 3.63) is 119 Å². The lowest BCUT2D eigenvalue weighted by Crippen LogP contribution is -2.27. The number of amides is 2. The van der Waals surface area contributed by atoms with E-state index in [2.05, 4.69) is 25.3 Å². The first-order valence-corrected chi connectivity index (χ1v) is 16.4. The fourth-order valence-electron chi connectivity index (χ4n) is 4.52. The molecule has 0 aliphatic heterocycles. The molecule has 2 heterocycles. The molecule has 276 valence electrons. The van der Waals surface area contributed by atoms with Crippen LogP contribution in [0.4, 0.5) is 21.0 Å². The second kappa shape index (κ2) is 17.9. The molecule has 2 unspecified atom stereocenters. The number of anilines is 2. The van der Waals surface area contributed by atoms with Crippen molar-refractivity contribution in [3.63, 3.8) is 0 Å². The molecule has 0 saturated carbocycles. The summed E-state index contributed by atoms with van der Waals surface area (Å²) >= 11 is 0. The molecule has 2 amide bonds. The third-order valence-corrected chi connectivity index (χ3v) is 6.98. The van der Waals surface area contributed by atoms with Crippen LogP contribution in [0.1, 0.15) is 104 Å². The Kier molecular flexibility index (Phi) is 14.0. The Morgan fingerprint density at radius 2 is 0.981 bits per heavy atom. The summed E-state index contributed by atoms with van der Waals surface area (Å²) in [6.07, 6.45) is -2.07. The van der Waals surface area contributed by atoms with E-state index in [9.17, 15) is 24.3 Å². The van der Waals surface area contributed by atoms with Crippen LogP contribution < -0.4 is 10.6 Å². The topological polar surface area (TPSA) is 175 Å². The highest BCUT2D eigenvalue weighted by molar-refractivity contribution is 5.88. The molecule has 13 heteroatoms. The second-order valence-corrected chi connectivity index (χ2v) is 13.5. The van der Waals surface area contributed by atoms with Crippen molar-refractivity contribution in [1.29, 1.82) is 0 Å². The Morgan fingerprint density at radius 1 is 0.596 bits per heavy atom. The zero-order chi connectivity index (χ0) is 38.6. The number of carbonyl (C=O) groups excluding carboxylic acids is 4. The number of hydrogen-bond acceptors (Lipinski definition) is 11. The summed E-state index contributed by atoms with van der Waals surface area (Å²) in [4.78, 5) is 55.2. The van der Waals surface area contributed by atoms with Crippen LogP contribution >= 0.6 is 0 Å².